The molecule has 104 valence electrons. The molecule has 1 atom stereocenters. The lowest BCUT2D eigenvalue weighted by atomic mass is 9.84. The van der Waals surface area contributed by atoms with Gasteiger partial charge in [0.1, 0.15) is 5.82 Å². The number of carbonyl (C=O) groups is 1. The molecule has 1 unspecified atom stereocenters. The van der Waals surface area contributed by atoms with Crippen molar-refractivity contribution in [3.8, 4) is 6.07 Å². The Bertz CT molecular complexity index is 573. The van der Waals surface area contributed by atoms with Crippen molar-refractivity contribution in [1.29, 1.82) is 5.26 Å². The quantitative estimate of drug-likeness (QED) is 0.889. The number of carbonyl (C=O) groups excluding carboxylic acids is 1. The first-order chi connectivity index (χ1) is 9.67. The van der Waals surface area contributed by atoms with Crippen LogP contribution in [0.3, 0.4) is 0 Å². The maximum absolute atomic E-state index is 13.8. The van der Waals surface area contributed by atoms with Crippen LogP contribution in [0.15, 0.2) is 18.2 Å². The lowest BCUT2D eigenvalue weighted by molar-refractivity contribution is 0.0618. The zero-order chi connectivity index (χ0) is 14.1. The number of nitrogens with one attached hydrogen (secondary N) is 1. The van der Waals surface area contributed by atoms with Crippen LogP contribution in [0.5, 0.6) is 0 Å². The molecule has 0 aromatic heterocycles. The van der Waals surface area contributed by atoms with Gasteiger partial charge in [-0.2, -0.15) is 5.26 Å². The van der Waals surface area contributed by atoms with Gasteiger partial charge in [-0.3, -0.25) is 4.79 Å². The molecule has 1 N–H and O–H groups in total. The Morgan fingerprint density at radius 2 is 2.15 bits per heavy atom. The third kappa shape index (κ3) is 2.39. The molecule has 3 heterocycles. The summed E-state index contributed by atoms with van der Waals surface area (Å²) >= 11 is 0. The van der Waals surface area contributed by atoms with Crippen LogP contribution >= 0.6 is 0 Å². The van der Waals surface area contributed by atoms with Gasteiger partial charge in [0.15, 0.2) is 0 Å². The molecular weight excluding hydrogens is 257 g/mol. The fourth-order valence-corrected chi connectivity index (χ4v) is 3.14. The smallest absolute Gasteiger partial charge is 0.254 e. The van der Waals surface area contributed by atoms with Gasteiger partial charge in [0.05, 0.1) is 17.2 Å². The third-order valence-corrected chi connectivity index (χ3v) is 4.32. The van der Waals surface area contributed by atoms with Crippen molar-refractivity contribution < 1.29 is 9.18 Å². The third-order valence-electron chi connectivity index (χ3n) is 4.32. The maximum atomic E-state index is 13.8. The van der Waals surface area contributed by atoms with Crippen molar-refractivity contribution in [3.63, 3.8) is 0 Å². The summed E-state index contributed by atoms with van der Waals surface area (Å²) in [5, 5.41) is 11.6. The van der Waals surface area contributed by atoms with E-state index in [1.807, 2.05) is 6.07 Å². The number of fused-ring (bicyclic) bond motifs is 3. The number of hydrogen-bond acceptors (Lipinski definition) is 3. The van der Waals surface area contributed by atoms with Crippen LogP contribution in [0.2, 0.25) is 0 Å². The molecule has 4 rings (SSSR count). The molecule has 0 radical (unpaired) electrons. The molecule has 20 heavy (non-hydrogen) atoms. The van der Waals surface area contributed by atoms with Gasteiger partial charge in [0.2, 0.25) is 0 Å². The molecule has 0 saturated carbocycles. The standard InChI is InChI=1S/C15H16FN3O/c16-13-7-10(8-17)1-2-12(13)15(20)18-14-9-19-5-3-11(14)4-6-19/h1-2,7,11,14H,3-6,9H2,(H,18,20). The summed E-state index contributed by atoms with van der Waals surface area (Å²) < 4.78 is 13.8. The van der Waals surface area contributed by atoms with Crippen LogP contribution in [0.1, 0.15) is 28.8 Å². The summed E-state index contributed by atoms with van der Waals surface area (Å²) in [6.07, 6.45) is 2.20. The summed E-state index contributed by atoms with van der Waals surface area (Å²) in [5.74, 6) is -0.515. The Morgan fingerprint density at radius 3 is 2.70 bits per heavy atom. The van der Waals surface area contributed by atoms with Gasteiger partial charge < -0.3 is 10.2 Å². The SMILES string of the molecule is N#Cc1ccc(C(=O)NC2CN3CCC2CC3)c(F)c1. The Balaban J connectivity index is 1.72. The van der Waals surface area contributed by atoms with Gasteiger partial charge in [0.25, 0.3) is 5.91 Å². The number of rotatable bonds is 2. The van der Waals surface area contributed by atoms with Gasteiger partial charge in [0, 0.05) is 12.6 Å². The molecule has 5 heteroatoms. The number of nitrogens with zero attached hydrogens (tertiary/aromatic N) is 2. The molecule has 1 aromatic rings. The van der Waals surface area contributed by atoms with E-state index >= 15 is 0 Å². The van der Waals surface area contributed by atoms with Crippen molar-refractivity contribution in [2.75, 3.05) is 19.6 Å². The van der Waals surface area contributed by atoms with E-state index in [-0.39, 0.29) is 23.1 Å². The molecule has 3 saturated heterocycles. The number of nitriles is 1. The average molecular weight is 273 g/mol. The molecule has 3 aliphatic rings. The fraction of sp³-hybridized carbons (Fsp3) is 0.467. The first kappa shape index (κ1) is 13.1. The highest BCUT2D eigenvalue weighted by atomic mass is 19.1. The van der Waals surface area contributed by atoms with Crippen LogP contribution in [-0.4, -0.2) is 36.5 Å². The lowest BCUT2D eigenvalue weighted by Crippen LogP contribution is -2.57. The molecule has 2 bridgehead atoms. The molecule has 1 aromatic carbocycles. The van der Waals surface area contributed by atoms with Crippen LogP contribution < -0.4 is 5.32 Å². The number of amides is 1. The van der Waals surface area contributed by atoms with E-state index in [0.717, 1.165) is 38.5 Å². The zero-order valence-electron chi connectivity index (χ0n) is 11.1. The Morgan fingerprint density at radius 1 is 1.40 bits per heavy atom. The van der Waals surface area contributed by atoms with Crippen LogP contribution in [0.25, 0.3) is 0 Å². The van der Waals surface area contributed by atoms with Crippen molar-refractivity contribution in [1.82, 2.24) is 10.2 Å². The lowest BCUT2D eigenvalue weighted by Gasteiger charge is -2.44. The number of piperidine rings is 3. The van der Waals surface area contributed by atoms with Crippen molar-refractivity contribution in [2.45, 2.75) is 18.9 Å². The fourth-order valence-electron chi connectivity index (χ4n) is 3.14. The Labute approximate surface area is 117 Å². The van der Waals surface area contributed by atoms with Crippen molar-refractivity contribution >= 4 is 5.91 Å². The highest BCUT2D eigenvalue weighted by Gasteiger charge is 2.35. The highest BCUT2D eigenvalue weighted by Crippen LogP contribution is 2.27. The second kappa shape index (κ2) is 5.22. The van der Waals surface area contributed by atoms with Gasteiger partial charge >= 0.3 is 0 Å². The van der Waals surface area contributed by atoms with E-state index < -0.39 is 5.82 Å². The second-order valence-corrected chi connectivity index (χ2v) is 5.52. The minimum Gasteiger partial charge on any atom is -0.348 e. The van der Waals surface area contributed by atoms with Crippen LogP contribution in [0.4, 0.5) is 4.39 Å². The molecule has 3 fully saturated rings. The van der Waals surface area contributed by atoms with E-state index in [2.05, 4.69) is 10.2 Å². The summed E-state index contributed by atoms with van der Waals surface area (Å²) in [6, 6.07) is 5.92. The summed E-state index contributed by atoms with van der Waals surface area (Å²) in [5.41, 5.74) is 0.238. The predicted molar refractivity (Wildman–Crippen MR) is 71.5 cm³/mol. The van der Waals surface area contributed by atoms with Gasteiger partial charge in [-0.05, 0) is 50.0 Å². The van der Waals surface area contributed by atoms with E-state index in [1.54, 1.807) is 0 Å². The Hall–Kier alpha value is -1.93. The second-order valence-electron chi connectivity index (χ2n) is 5.52. The molecule has 1 amide bonds. The number of halogens is 1. The highest BCUT2D eigenvalue weighted by molar-refractivity contribution is 5.94. The zero-order valence-corrected chi connectivity index (χ0v) is 11.1. The number of hydrogen-bond donors (Lipinski definition) is 1. The largest absolute Gasteiger partial charge is 0.348 e. The van der Waals surface area contributed by atoms with E-state index in [4.69, 9.17) is 5.26 Å². The van der Waals surface area contributed by atoms with Crippen LogP contribution in [0, 0.1) is 23.1 Å². The van der Waals surface area contributed by atoms with E-state index in [1.165, 1.54) is 12.1 Å². The minimum atomic E-state index is -0.636. The normalized spacial score (nSPS) is 27.9. The van der Waals surface area contributed by atoms with Gasteiger partial charge in [-0.25, -0.2) is 4.39 Å². The molecule has 0 spiro atoms. The molecule has 4 nitrogen and oxygen atoms in total. The van der Waals surface area contributed by atoms with Crippen LogP contribution in [-0.2, 0) is 0 Å². The first-order valence-corrected chi connectivity index (χ1v) is 6.90. The molecule has 0 aliphatic carbocycles. The van der Waals surface area contributed by atoms with Gasteiger partial charge in [-0.15, -0.1) is 0 Å². The summed E-state index contributed by atoms with van der Waals surface area (Å²) in [6.45, 7) is 3.05. The van der Waals surface area contributed by atoms with Crippen molar-refractivity contribution in [3.05, 3.63) is 35.1 Å². The number of benzene rings is 1. The Kier molecular flexibility index (Phi) is 3.41. The topological polar surface area (TPSA) is 56.1 Å². The first-order valence-electron chi connectivity index (χ1n) is 6.90. The monoisotopic (exact) mass is 273 g/mol. The summed E-state index contributed by atoms with van der Waals surface area (Å²) in [4.78, 5) is 14.5. The van der Waals surface area contributed by atoms with E-state index in [9.17, 15) is 9.18 Å². The molecular formula is C15H16FN3O. The maximum Gasteiger partial charge on any atom is 0.254 e. The summed E-state index contributed by atoms with van der Waals surface area (Å²) in [7, 11) is 0. The van der Waals surface area contributed by atoms with E-state index in [0.29, 0.717) is 5.92 Å². The molecule has 3 aliphatic heterocycles. The average Bonchev–Trinajstić information content (AvgIpc) is 2.48. The predicted octanol–water partition coefficient (Wildman–Crippen LogP) is 1.52. The van der Waals surface area contributed by atoms with Gasteiger partial charge in [-0.1, -0.05) is 0 Å². The minimum absolute atomic E-state index is 0.0143. The van der Waals surface area contributed by atoms with Crippen molar-refractivity contribution in [2.24, 2.45) is 5.92 Å².